The maximum atomic E-state index is 12.2. The molecule has 1 aromatic heterocycles. The molecule has 1 amide bonds. The highest BCUT2D eigenvalue weighted by Gasteiger charge is 2.11. The molecule has 0 fully saturated rings. The number of nitrogens with zero attached hydrogens (tertiary/aromatic N) is 2. The molecule has 2 aromatic carbocycles. The fourth-order valence-corrected chi connectivity index (χ4v) is 2.82. The molecule has 138 valence electrons. The Morgan fingerprint density at radius 3 is 2.59 bits per heavy atom. The van der Waals surface area contributed by atoms with E-state index in [4.69, 9.17) is 27.9 Å². The van der Waals surface area contributed by atoms with E-state index in [-0.39, 0.29) is 5.69 Å². The lowest BCUT2D eigenvalue weighted by molar-refractivity contribution is 0.0950. The number of ether oxygens (including phenoxy) is 1. The first kappa shape index (κ1) is 18.9. The number of hydrogen-bond acceptors (Lipinski definition) is 4. The van der Waals surface area contributed by atoms with Crippen molar-refractivity contribution in [2.75, 3.05) is 6.61 Å². The number of aromatic amines is 1. The van der Waals surface area contributed by atoms with Gasteiger partial charge in [0.05, 0.1) is 28.6 Å². The Bertz CT molecular complexity index is 948. The predicted octanol–water partition coefficient (Wildman–Crippen LogP) is 4.55. The number of rotatable bonds is 6. The molecular formula is C19H16Cl2N4O2. The molecule has 0 saturated heterocycles. The van der Waals surface area contributed by atoms with E-state index in [2.05, 4.69) is 20.7 Å². The number of carbonyl (C=O) groups excluding carboxylic acids is 1. The molecule has 27 heavy (non-hydrogen) atoms. The van der Waals surface area contributed by atoms with Crippen LogP contribution in [0.1, 0.15) is 23.0 Å². The summed E-state index contributed by atoms with van der Waals surface area (Å²) in [5, 5.41) is 11.6. The van der Waals surface area contributed by atoms with Crippen LogP contribution in [0, 0.1) is 0 Å². The van der Waals surface area contributed by atoms with Crippen LogP contribution in [-0.4, -0.2) is 28.9 Å². The molecule has 3 rings (SSSR count). The van der Waals surface area contributed by atoms with Crippen molar-refractivity contribution >= 4 is 35.3 Å². The molecule has 3 aromatic rings. The Morgan fingerprint density at radius 2 is 1.93 bits per heavy atom. The average Bonchev–Trinajstić information content (AvgIpc) is 3.15. The van der Waals surface area contributed by atoms with Gasteiger partial charge in [0.1, 0.15) is 11.4 Å². The van der Waals surface area contributed by atoms with Gasteiger partial charge in [0.2, 0.25) is 0 Å². The second kappa shape index (κ2) is 8.70. The highest BCUT2D eigenvalue weighted by Crippen LogP contribution is 2.22. The number of H-pyrrole nitrogens is 1. The van der Waals surface area contributed by atoms with Gasteiger partial charge in [-0.1, -0.05) is 29.3 Å². The van der Waals surface area contributed by atoms with Crippen LogP contribution in [0.4, 0.5) is 0 Å². The first-order chi connectivity index (χ1) is 13.1. The zero-order valence-corrected chi connectivity index (χ0v) is 15.9. The van der Waals surface area contributed by atoms with Crippen LogP contribution in [0.2, 0.25) is 10.0 Å². The number of aromatic nitrogens is 2. The molecule has 0 saturated carbocycles. The standard InChI is InChI=1S/C19H16Cl2N4O2/c1-2-27-13-8-6-12(7-9-13)17-10-18(24-23-17)19(26)25-22-11-14-15(20)4-3-5-16(14)21/h3-11H,2H2,1H3,(H,23,24)(H,25,26)/b22-11+. The van der Waals surface area contributed by atoms with E-state index in [1.165, 1.54) is 6.21 Å². The van der Waals surface area contributed by atoms with Gasteiger partial charge in [-0.15, -0.1) is 0 Å². The highest BCUT2D eigenvalue weighted by atomic mass is 35.5. The normalized spacial score (nSPS) is 10.9. The number of halogens is 2. The first-order valence-corrected chi connectivity index (χ1v) is 8.90. The monoisotopic (exact) mass is 402 g/mol. The van der Waals surface area contributed by atoms with E-state index in [9.17, 15) is 4.79 Å². The Morgan fingerprint density at radius 1 is 1.22 bits per heavy atom. The van der Waals surface area contributed by atoms with E-state index in [1.54, 1.807) is 24.3 Å². The third kappa shape index (κ3) is 4.67. The van der Waals surface area contributed by atoms with Gasteiger partial charge < -0.3 is 4.74 Å². The van der Waals surface area contributed by atoms with Crippen LogP contribution in [0.3, 0.4) is 0 Å². The van der Waals surface area contributed by atoms with E-state index in [1.807, 2.05) is 31.2 Å². The minimum Gasteiger partial charge on any atom is -0.494 e. The average molecular weight is 403 g/mol. The fourth-order valence-electron chi connectivity index (χ4n) is 2.32. The molecule has 0 radical (unpaired) electrons. The van der Waals surface area contributed by atoms with E-state index in [0.29, 0.717) is 27.9 Å². The first-order valence-electron chi connectivity index (χ1n) is 8.14. The lowest BCUT2D eigenvalue weighted by Gasteiger charge is -2.02. The van der Waals surface area contributed by atoms with Gasteiger partial charge in [-0.05, 0) is 49.4 Å². The Balaban J connectivity index is 1.67. The summed E-state index contributed by atoms with van der Waals surface area (Å²) in [4.78, 5) is 12.2. The largest absolute Gasteiger partial charge is 0.494 e. The minimum absolute atomic E-state index is 0.279. The number of hydrazone groups is 1. The van der Waals surface area contributed by atoms with Gasteiger partial charge in [0.15, 0.2) is 0 Å². The van der Waals surface area contributed by atoms with E-state index < -0.39 is 5.91 Å². The van der Waals surface area contributed by atoms with Gasteiger partial charge >= 0.3 is 0 Å². The van der Waals surface area contributed by atoms with Crippen molar-refractivity contribution in [1.82, 2.24) is 15.6 Å². The number of carbonyl (C=O) groups is 1. The number of amides is 1. The third-order valence-electron chi connectivity index (χ3n) is 3.64. The molecule has 2 N–H and O–H groups in total. The van der Waals surface area contributed by atoms with Crippen LogP contribution in [0.25, 0.3) is 11.3 Å². The van der Waals surface area contributed by atoms with Gasteiger partial charge in [0, 0.05) is 11.1 Å². The maximum absolute atomic E-state index is 12.2. The van der Waals surface area contributed by atoms with Crippen LogP contribution in [0.15, 0.2) is 53.6 Å². The lowest BCUT2D eigenvalue weighted by atomic mass is 10.1. The second-order valence-corrected chi connectivity index (χ2v) is 6.27. The van der Waals surface area contributed by atoms with Crippen molar-refractivity contribution in [3.05, 3.63) is 69.8 Å². The molecule has 0 aliphatic heterocycles. The van der Waals surface area contributed by atoms with Gasteiger partial charge in [0.25, 0.3) is 5.91 Å². The summed E-state index contributed by atoms with van der Waals surface area (Å²) in [7, 11) is 0. The van der Waals surface area contributed by atoms with Crippen LogP contribution in [-0.2, 0) is 0 Å². The molecule has 0 aliphatic rings. The van der Waals surface area contributed by atoms with Crippen molar-refractivity contribution < 1.29 is 9.53 Å². The Hall–Kier alpha value is -2.83. The van der Waals surface area contributed by atoms with Crippen molar-refractivity contribution in [2.24, 2.45) is 5.10 Å². The second-order valence-electron chi connectivity index (χ2n) is 5.46. The maximum Gasteiger partial charge on any atom is 0.289 e. The Kier molecular flexibility index (Phi) is 6.11. The molecule has 8 heteroatoms. The van der Waals surface area contributed by atoms with Crippen LogP contribution in [0.5, 0.6) is 5.75 Å². The van der Waals surface area contributed by atoms with E-state index in [0.717, 1.165) is 11.3 Å². The zero-order chi connectivity index (χ0) is 19.2. The zero-order valence-electron chi connectivity index (χ0n) is 14.4. The summed E-state index contributed by atoms with van der Waals surface area (Å²) in [5.74, 6) is 0.349. The molecule has 0 bridgehead atoms. The van der Waals surface area contributed by atoms with Gasteiger partial charge in [-0.25, -0.2) is 5.43 Å². The summed E-state index contributed by atoms with van der Waals surface area (Å²) in [6.07, 6.45) is 1.40. The van der Waals surface area contributed by atoms with Crippen molar-refractivity contribution in [3.8, 4) is 17.0 Å². The van der Waals surface area contributed by atoms with Crippen molar-refractivity contribution in [2.45, 2.75) is 6.92 Å². The quantitative estimate of drug-likeness (QED) is 0.468. The molecule has 1 heterocycles. The lowest BCUT2D eigenvalue weighted by Crippen LogP contribution is -2.18. The minimum atomic E-state index is -0.431. The summed E-state index contributed by atoms with van der Waals surface area (Å²) in [6.45, 7) is 2.53. The number of benzene rings is 2. The Labute approximate surface area is 166 Å². The number of nitrogens with one attached hydrogen (secondary N) is 2. The molecule has 0 atom stereocenters. The molecule has 0 spiro atoms. The summed E-state index contributed by atoms with van der Waals surface area (Å²) in [6, 6.07) is 14.2. The predicted molar refractivity (Wildman–Crippen MR) is 107 cm³/mol. The van der Waals surface area contributed by atoms with Crippen molar-refractivity contribution in [1.29, 1.82) is 0 Å². The van der Waals surface area contributed by atoms with Crippen LogP contribution < -0.4 is 10.2 Å². The van der Waals surface area contributed by atoms with Crippen LogP contribution >= 0.6 is 23.2 Å². The van der Waals surface area contributed by atoms with E-state index >= 15 is 0 Å². The van der Waals surface area contributed by atoms with Gasteiger partial charge in [-0.2, -0.15) is 10.2 Å². The highest BCUT2D eigenvalue weighted by molar-refractivity contribution is 6.38. The molecular weight excluding hydrogens is 387 g/mol. The summed E-state index contributed by atoms with van der Waals surface area (Å²) >= 11 is 12.1. The third-order valence-corrected chi connectivity index (χ3v) is 4.30. The summed E-state index contributed by atoms with van der Waals surface area (Å²) < 4.78 is 5.41. The molecule has 6 nitrogen and oxygen atoms in total. The smallest absolute Gasteiger partial charge is 0.289 e. The molecule has 0 unspecified atom stereocenters. The number of hydrogen-bond donors (Lipinski definition) is 2. The van der Waals surface area contributed by atoms with Gasteiger partial charge in [-0.3, -0.25) is 9.89 Å². The SMILES string of the molecule is CCOc1ccc(-c2cc(C(=O)N/N=C/c3c(Cl)cccc3Cl)[nH]n2)cc1. The molecule has 0 aliphatic carbocycles. The topological polar surface area (TPSA) is 79.4 Å². The summed E-state index contributed by atoms with van der Waals surface area (Å²) in [5.41, 5.74) is 4.72. The van der Waals surface area contributed by atoms with Crippen molar-refractivity contribution in [3.63, 3.8) is 0 Å². The fraction of sp³-hybridized carbons (Fsp3) is 0.105.